The topological polar surface area (TPSA) is 107 Å². The van der Waals surface area contributed by atoms with Gasteiger partial charge in [-0.1, -0.05) is 30.3 Å². The van der Waals surface area contributed by atoms with Crippen LogP contribution in [0.2, 0.25) is 5.02 Å². The molecule has 1 unspecified atom stereocenters. The predicted molar refractivity (Wildman–Crippen MR) is 117 cm³/mol. The minimum absolute atomic E-state index is 0.00938. The molecule has 0 aliphatic heterocycles. The number of nitrogens with one attached hydrogen (secondary N) is 1. The number of hydrogen-bond donors (Lipinski definition) is 2. The fraction of sp³-hybridized carbons (Fsp3) is 0.263. The molecule has 0 bridgehead atoms. The zero-order chi connectivity index (χ0) is 21.2. The van der Waals surface area contributed by atoms with Gasteiger partial charge in [-0.25, -0.2) is 18.5 Å². The molecule has 0 aliphatic carbocycles. The number of aromatic nitrogens is 2. The van der Waals surface area contributed by atoms with Gasteiger partial charge in [0.05, 0.1) is 21.2 Å². The number of rotatable bonds is 7. The lowest BCUT2D eigenvalue weighted by atomic mass is 10.3. The SMILES string of the molecule is CCCn1c(SC(C)C(=O)Nc2ccc(S(N)(=O)=O)cc2)nc2cc(Cl)ccc21. The smallest absolute Gasteiger partial charge is 0.238 e. The molecule has 1 amide bonds. The molecular weight excluding hydrogens is 432 g/mol. The van der Waals surface area contributed by atoms with Crippen molar-refractivity contribution in [3.8, 4) is 0 Å². The van der Waals surface area contributed by atoms with E-state index in [0.717, 1.165) is 29.2 Å². The number of thioether (sulfide) groups is 1. The monoisotopic (exact) mass is 452 g/mol. The number of amides is 1. The van der Waals surface area contributed by atoms with E-state index in [1.54, 1.807) is 6.92 Å². The lowest BCUT2D eigenvalue weighted by Gasteiger charge is -2.13. The molecule has 0 saturated heterocycles. The number of hydrogen-bond acceptors (Lipinski definition) is 5. The van der Waals surface area contributed by atoms with Crippen LogP contribution in [0.5, 0.6) is 0 Å². The van der Waals surface area contributed by atoms with Crippen molar-refractivity contribution in [1.82, 2.24) is 9.55 Å². The van der Waals surface area contributed by atoms with E-state index in [0.29, 0.717) is 10.7 Å². The molecule has 29 heavy (non-hydrogen) atoms. The van der Waals surface area contributed by atoms with E-state index in [1.165, 1.54) is 36.0 Å². The summed E-state index contributed by atoms with van der Waals surface area (Å²) in [6.07, 6.45) is 0.929. The third-order valence-electron chi connectivity index (χ3n) is 4.22. The summed E-state index contributed by atoms with van der Waals surface area (Å²) in [5, 5.41) is 8.81. The summed E-state index contributed by atoms with van der Waals surface area (Å²) in [4.78, 5) is 17.2. The minimum Gasteiger partial charge on any atom is -0.325 e. The lowest BCUT2D eigenvalue weighted by Crippen LogP contribution is -2.23. The van der Waals surface area contributed by atoms with Crippen LogP contribution in [0.25, 0.3) is 11.0 Å². The number of nitrogens with zero attached hydrogens (tertiary/aromatic N) is 2. The minimum atomic E-state index is -3.77. The van der Waals surface area contributed by atoms with E-state index in [9.17, 15) is 13.2 Å². The second kappa shape index (κ2) is 8.74. The molecule has 2 aromatic carbocycles. The number of primary sulfonamides is 1. The van der Waals surface area contributed by atoms with Crippen molar-refractivity contribution in [2.75, 3.05) is 5.32 Å². The van der Waals surface area contributed by atoms with E-state index < -0.39 is 15.3 Å². The third kappa shape index (κ3) is 5.11. The molecule has 3 N–H and O–H groups in total. The van der Waals surface area contributed by atoms with Gasteiger partial charge in [-0.05, 0) is 55.8 Å². The number of carbonyl (C=O) groups excluding carboxylic acids is 1. The van der Waals surface area contributed by atoms with Gasteiger partial charge in [-0.3, -0.25) is 4.79 Å². The van der Waals surface area contributed by atoms with Gasteiger partial charge in [-0.15, -0.1) is 0 Å². The normalized spacial score (nSPS) is 12.8. The average Bonchev–Trinajstić information content (AvgIpc) is 2.98. The first-order valence-electron chi connectivity index (χ1n) is 8.95. The number of halogens is 1. The second-order valence-electron chi connectivity index (χ2n) is 6.50. The van der Waals surface area contributed by atoms with Gasteiger partial charge in [0, 0.05) is 17.3 Å². The molecule has 0 radical (unpaired) electrons. The maximum atomic E-state index is 12.6. The number of sulfonamides is 1. The van der Waals surface area contributed by atoms with Crippen molar-refractivity contribution in [3.05, 3.63) is 47.5 Å². The Balaban J connectivity index is 1.76. The lowest BCUT2D eigenvalue weighted by molar-refractivity contribution is -0.115. The Morgan fingerprint density at radius 2 is 1.97 bits per heavy atom. The summed E-state index contributed by atoms with van der Waals surface area (Å²) in [6.45, 7) is 4.66. The highest BCUT2D eigenvalue weighted by atomic mass is 35.5. The van der Waals surface area contributed by atoms with Crippen LogP contribution in [0.4, 0.5) is 5.69 Å². The Morgan fingerprint density at radius 3 is 2.59 bits per heavy atom. The first kappa shape index (κ1) is 21.6. The van der Waals surface area contributed by atoms with Crippen molar-refractivity contribution in [2.45, 2.75) is 42.1 Å². The largest absolute Gasteiger partial charge is 0.325 e. The van der Waals surface area contributed by atoms with Crippen LogP contribution < -0.4 is 10.5 Å². The first-order valence-corrected chi connectivity index (χ1v) is 11.8. The van der Waals surface area contributed by atoms with E-state index in [-0.39, 0.29) is 10.8 Å². The quantitative estimate of drug-likeness (QED) is 0.529. The van der Waals surface area contributed by atoms with Crippen molar-refractivity contribution >= 4 is 56.0 Å². The zero-order valence-corrected chi connectivity index (χ0v) is 18.3. The van der Waals surface area contributed by atoms with Crippen LogP contribution in [-0.4, -0.2) is 29.1 Å². The zero-order valence-electron chi connectivity index (χ0n) is 15.9. The maximum Gasteiger partial charge on any atom is 0.238 e. The highest BCUT2D eigenvalue weighted by Crippen LogP contribution is 2.29. The molecule has 1 aromatic heterocycles. The molecule has 0 saturated carbocycles. The van der Waals surface area contributed by atoms with Gasteiger partial charge in [0.25, 0.3) is 0 Å². The number of nitrogens with two attached hydrogens (primary N) is 1. The van der Waals surface area contributed by atoms with Gasteiger partial charge in [0.15, 0.2) is 5.16 Å². The van der Waals surface area contributed by atoms with E-state index >= 15 is 0 Å². The highest BCUT2D eigenvalue weighted by molar-refractivity contribution is 8.00. The second-order valence-corrected chi connectivity index (χ2v) is 9.80. The fourth-order valence-corrected chi connectivity index (χ4v) is 4.43. The first-order chi connectivity index (χ1) is 13.7. The van der Waals surface area contributed by atoms with E-state index in [4.69, 9.17) is 16.7 Å². The Kier molecular flexibility index (Phi) is 6.52. The van der Waals surface area contributed by atoms with Crippen molar-refractivity contribution in [2.24, 2.45) is 5.14 Å². The number of fused-ring (bicyclic) bond motifs is 1. The molecule has 10 heteroatoms. The van der Waals surface area contributed by atoms with Gasteiger partial charge >= 0.3 is 0 Å². The molecule has 0 spiro atoms. The molecule has 3 rings (SSSR count). The van der Waals surface area contributed by atoms with Crippen LogP contribution in [-0.2, 0) is 21.4 Å². The standard InChI is InChI=1S/C19H21ClN4O3S2/c1-3-10-24-17-9-4-13(20)11-16(17)23-19(24)28-12(2)18(25)22-14-5-7-15(8-6-14)29(21,26)27/h4-9,11-12H,3,10H2,1-2H3,(H,22,25)(H2,21,26,27). The Labute approximate surface area is 178 Å². The Bertz CT molecular complexity index is 1140. The fourth-order valence-electron chi connectivity index (χ4n) is 2.79. The summed E-state index contributed by atoms with van der Waals surface area (Å²) >= 11 is 7.43. The van der Waals surface area contributed by atoms with Crippen LogP contribution in [0.1, 0.15) is 20.3 Å². The van der Waals surface area contributed by atoms with Gasteiger partial charge < -0.3 is 9.88 Å². The molecule has 1 heterocycles. The highest BCUT2D eigenvalue weighted by Gasteiger charge is 2.20. The van der Waals surface area contributed by atoms with E-state index in [2.05, 4.69) is 21.8 Å². The maximum absolute atomic E-state index is 12.6. The molecule has 0 aliphatic rings. The molecule has 1 atom stereocenters. The van der Waals surface area contributed by atoms with E-state index in [1.807, 2.05) is 18.2 Å². The van der Waals surface area contributed by atoms with Gasteiger partial charge in [0.1, 0.15) is 0 Å². The summed E-state index contributed by atoms with van der Waals surface area (Å²) in [7, 11) is -3.77. The number of benzene rings is 2. The van der Waals surface area contributed by atoms with Crippen molar-refractivity contribution in [1.29, 1.82) is 0 Å². The number of carbonyl (C=O) groups is 1. The van der Waals surface area contributed by atoms with Gasteiger partial charge in [-0.2, -0.15) is 0 Å². The summed E-state index contributed by atoms with van der Waals surface area (Å²) in [5.41, 5.74) is 2.26. The molecule has 0 fully saturated rings. The van der Waals surface area contributed by atoms with Crippen molar-refractivity contribution < 1.29 is 13.2 Å². The third-order valence-corrected chi connectivity index (χ3v) is 6.48. The Hall–Kier alpha value is -2.07. The van der Waals surface area contributed by atoms with Gasteiger partial charge in [0.2, 0.25) is 15.9 Å². The number of aryl methyl sites for hydroxylation is 1. The Morgan fingerprint density at radius 1 is 1.28 bits per heavy atom. The van der Waals surface area contributed by atoms with Crippen LogP contribution in [0.15, 0.2) is 52.5 Å². The molecular formula is C19H21ClN4O3S2. The molecule has 154 valence electrons. The number of imidazole rings is 1. The number of anilines is 1. The summed E-state index contributed by atoms with van der Waals surface area (Å²) in [5.74, 6) is -0.216. The average molecular weight is 453 g/mol. The predicted octanol–water partition coefficient (Wildman–Crippen LogP) is 3.87. The van der Waals surface area contributed by atoms with Crippen LogP contribution in [0.3, 0.4) is 0 Å². The molecule has 3 aromatic rings. The summed E-state index contributed by atoms with van der Waals surface area (Å²) in [6, 6.07) is 11.3. The summed E-state index contributed by atoms with van der Waals surface area (Å²) < 4.78 is 24.7. The van der Waals surface area contributed by atoms with Crippen molar-refractivity contribution in [3.63, 3.8) is 0 Å². The van der Waals surface area contributed by atoms with Crippen LogP contribution in [0, 0.1) is 0 Å². The molecule has 7 nitrogen and oxygen atoms in total. The van der Waals surface area contributed by atoms with Crippen LogP contribution >= 0.6 is 23.4 Å².